The van der Waals surface area contributed by atoms with Gasteiger partial charge in [-0.05, 0) is 52.7 Å². The van der Waals surface area contributed by atoms with E-state index in [2.05, 4.69) is 5.32 Å². The molecule has 2 aromatic rings. The van der Waals surface area contributed by atoms with Gasteiger partial charge in [0.2, 0.25) is 0 Å². The first kappa shape index (κ1) is 24.0. The highest BCUT2D eigenvalue weighted by Crippen LogP contribution is 2.23. The smallest absolute Gasteiger partial charge is 0.419 e. The molecule has 1 aromatic carbocycles. The molecule has 0 saturated carbocycles. The topological polar surface area (TPSA) is 95.9 Å². The van der Waals surface area contributed by atoms with Crippen molar-refractivity contribution in [2.45, 2.75) is 46.6 Å². The van der Waals surface area contributed by atoms with Gasteiger partial charge < -0.3 is 19.5 Å². The Morgan fingerprint density at radius 3 is 2.23 bits per heavy atom. The first-order valence-corrected chi connectivity index (χ1v) is 10.3. The summed E-state index contributed by atoms with van der Waals surface area (Å²) in [7, 11) is 0. The zero-order chi connectivity index (χ0) is 23.0. The Balaban J connectivity index is 2.17. The third-order valence-corrected chi connectivity index (χ3v) is 4.16. The van der Waals surface area contributed by atoms with E-state index >= 15 is 0 Å². The van der Waals surface area contributed by atoms with Crippen molar-refractivity contribution in [1.82, 2.24) is 9.88 Å². The van der Waals surface area contributed by atoms with Crippen LogP contribution in [0.4, 0.5) is 4.79 Å². The molecule has 1 heterocycles. The average molecular weight is 431 g/mol. The molecule has 0 fully saturated rings. The summed E-state index contributed by atoms with van der Waals surface area (Å²) in [5.74, 6) is -1.48. The van der Waals surface area contributed by atoms with E-state index in [1.165, 1.54) is 10.8 Å². The van der Waals surface area contributed by atoms with Crippen LogP contribution in [0.3, 0.4) is 0 Å². The van der Waals surface area contributed by atoms with E-state index in [1.807, 2.05) is 45.0 Å². The SMILES string of the molecule is CCOC(=O)C(=CNCCc1cn(C(=O)OC(C)(C)C)c2ccccc12)C(=O)OCC. The van der Waals surface area contributed by atoms with Crippen LogP contribution in [0.2, 0.25) is 0 Å². The number of para-hydroxylation sites is 1. The van der Waals surface area contributed by atoms with Gasteiger partial charge in [0.25, 0.3) is 0 Å². The van der Waals surface area contributed by atoms with Gasteiger partial charge in [-0.15, -0.1) is 0 Å². The van der Waals surface area contributed by atoms with Crippen LogP contribution in [0.1, 0.15) is 40.2 Å². The first-order chi connectivity index (χ1) is 14.7. The molecular formula is C23H30N2O6. The molecule has 0 bridgehead atoms. The zero-order valence-corrected chi connectivity index (χ0v) is 18.7. The quantitative estimate of drug-likeness (QED) is 0.171. The molecule has 0 unspecified atom stereocenters. The largest absolute Gasteiger partial charge is 0.462 e. The fourth-order valence-corrected chi connectivity index (χ4v) is 2.91. The number of ether oxygens (including phenoxy) is 3. The second-order valence-corrected chi connectivity index (χ2v) is 7.72. The number of carbonyl (C=O) groups is 3. The summed E-state index contributed by atoms with van der Waals surface area (Å²) in [6, 6.07) is 7.55. The second-order valence-electron chi connectivity index (χ2n) is 7.72. The van der Waals surface area contributed by atoms with Gasteiger partial charge in [-0.2, -0.15) is 0 Å². The van der Waals surface area contributed by atoms with Gasteiger partial charge in [-0.25, -0.2) is 14.4 Å². The number of rotatable bonds is 8. The number of hydrogen-bond donors (Lipinski definition) is 1. The molecule has 0 aliphatic rings. The molecule has 0 spiro atoms. The second kappa shape index (κ2) is 10.7. The van der Waals surface area contributed by atoms with Gasteiger partial charge in [0.05, 0.1) is 18.7 Å². The minimum absolute atomic E-state index is 0.153. The summed E-state index contributed by atoms with van der Waals surface area (Å²) in [5.41, 5.74) is 0.878. The number of nitrogens with zero attached hydrogens (tertiary/aromatic N) is 1. The highest BCUT2D eigenvalue weighted by molar-refractivity contribution is 6.13. The Morgan fingerprint density at radius 2 is 1.65 bits per heavy atom. The standard InChI is InChI=1S/C23H30N2O6/c1-6-29-20(26)18(21(27)30-7-2)14-24-13-12-16-15-25(22(28)31-23(3,4)5)19-11-9-8-10-17(16)19/h8-11,14-15,24H,6-7,12-13H2,1-5H3. The van der Waals surface area contributed by atoms with Crippen molar-refractivity contribution in [1.29, 1.82) is 0 Å². The van der Waals surface area contributed by atoms with Gasteiger partial charge in [0.15, 0.2) is 5.57 Å². The number of benzene rings is 1. The maximum Gasteiger partial charge on any atom is 0.419 e. The average Bonchev–Trinajstić information content (AvgIpc) is 3.06. The molecule has 2 rings (SSSR count). The van der Waals surface area contributed by atoms with Crippen molar-refractivity contribution in [3.63, 3.8) is 0 Å². The predicted molar refractivity (Wildman–Crippen MR) is 117 cm³/mol. The molecule has 0 radical (unpaired) electrons. The van der Waals surface area contributed by atoms with Crippen molar-refractivity contribution in [3.8, 4) is 0 Å². The lowest BCUT2D eigenvalue weighted by Crippen LogP contribution is -2.26. The Bertz CT molecular complexity index is 948. The van der Waals surface area contributed by atoms with Gasteiger partial charge in [-0.1, -0.05) is 18.2 Å². The Hall–Kier alpha value is -3.29. The van der Waals surface area contributed by atoms with E-state index in [1.54, 1.807) is 20.0 Å². The Kier molecular flexibility index (Phi) is 8.24. The van der Waals surface area contributed by atoms with Crippen LogP contribution < -0.4 is 5.32 Å². The van der Waals surface area contributed by atoms with Crippen LogP contribution in [-0.4, -0.2) is 48.0 Å². The van der Waals surface area contributed by atoms with Crippen molar-refractivity contribution in [3.05, 3.63) is 47.8 Å². The number of nitrogens with one attached hydrogen (secondary N) is 1. The first-order valence-electron chi connectivity index (χ1n) is 10.3. The molecule has 8 heteroatoms. The van der Waals surface area contributed by atoms with Crippen LogP contribution in [-0.2, 0) is 30.2 Å². The van der Waals surface area contributed by atoms with E-state index in [4.69, 9.17) is 14.2 Å². The summed E-state index contributed by atoms with van der Waals surface area (Å²) in [6.07, 6.45) is 3.16. The van der Waals surface area contributed by atoms with Crippen LogP contribution in [0, 0.1) is 0 Å². The maximum absolute atomic E-state index is 12.6. The lowest BCUT2D eigenvalue weighted by atomic mass is 10.1. The lowest BCUT2D eigenvalue weighted by Gasteiger charge is -2.19. The van der Waals surface area contributed by atoms with E-state index in [9.17, 15) is 14.4 Å². The molecule has 1 aromatic heterocycles. The third kappa shape index (κ3) is 6.60. The van der Waals surface area contributed by atoms with Crippen LogP contribution in [0.25, 0.3) is 10.9 Å². The van der Waals surface area contributed by atoms with E-state index in [0.717, 1.165) is 16.5 Å². The van der Waals surface area contributed by atoms with Gasteiger partial charge >= 0.3 is 18.0 Å². The molecule has 0 aliphatic carbocycles. The summed E-state index contributed by atoms with van der Waals surface area (Å²) in [6.45, 7) is 9.50. The molecule has 0 atom stereocenters. The van der Waals surface area contributed by atoms with Crippen molar-refractivity contribution < 1.29 is 28.6 Å². The van der Waals surface area contributed by atoms with E-state index in [0.29, 0.717) is 13.0 Å². The number of esters is 2. The summed E-state index contributed by atoms with van der Waals surface area (Å²) in [4.78, 5) is 36.6. The lowest BCUT2D eigenvalue weighted by molar-refractivity contribution is -0.146. The highest BCUT2D eigenvalue weighted by atomic mass is 16.6. The molecule has 0 saturated heterocycles. The molecule has 0 aliphatic heterocycles. The van der Waals surface area contributed by atoms with E-state index < -0.39 is 23.6 Å². The minimum atomic E-state index is -0.741. The predicted octanol–water partition coefficient (Wildman–Crippen LogP) is 3.57. The molecule has 0 amide bonds. The number of fused-ring (bicyclic) bond motifs is 1. The molecular weight excluding hydrogens is 400 g/mol. The normalized spacial score (nSPS) is 11.0. The number of hydrogen-bond acceptors (Lipinski definition) is 7. The highest BCUT2D eigenvalue weighted by Gasteiger charge is 2.22. The minimum Gasteiger partial charge on any atom is -0.462 e. The van der Waals surface area contributed by atoms with Crippen molar-refractivity contribution >= 4 is 28.9 Å². The zero-order valence-electron chi connectivity index (χ0n) is 18.7. The Labute approximate surface area is 182 Å². The van der Waals surface area contributed by atoms with Gasteiger partial charge in [0.1, 0.15) is 5.60 Å². The number of aromatic nitrogens is 1. The molecule has 31 heavy (non-hydrogen) atoms. The van der Waals surface area contributed by atoms with E-state index in [-0.39, 0.29) is 18.8 Å². The fourth-order valence-electron chi connectivity index (χ4n) is 2.91. The molecule has 1 N–H and O–H groups in total. The van der Waals surface area contributed by atoms with Crippen LogP contribution >= 0.6 is 0 Å². The van der Waals surface area contributed by atoms with Gasteiger partial charge in [-0.3, -0.25) is 4.57 Å². The third-order valence-electron chi connectivity index (χ3n) is 4.16. The van der Waals surface area contributed by atoms with Gasteiger partial charge in [0, 0.05) is 24.3 Å². The maximum atomic E-state index is 12.6. The summed E-state index contributed by atoms with van der Waals surface area (Å²) < 4.78 is 16.8. The van der Waals surface area contributed by atoms with Crippen LogP contribution in [0.5, 0.6) is 0 Å². The Morgan fingerprint density at radius 1 is 1.03 bits per heavy atom. The molecule has 168 valence electrons. The molecule has 8 nitrogen and oxygen atoms in total. The van der Waals surface area contributed by atoms with Crippen molar-refractivity contribution in [2.24, 2.45) is 0 Å². The fraction of sp³-hybridized carbons (Fsp3) is 0.435. The number of carbonyl (C=O) groups excluding carboxylic acids is 3. The van der Waals surface area contributed by atoms with Crippen LogP contribution in [0.15, 0.2) is 42.2 Å². The van der Waals surface area contributed by atoms with Crippen molar-refractivity contribution in [2.75, 3.05) is 19.8 Å². The summed E-state index contributed by atoms with van der Waals surface area (Å²) in [5, 5.41) is 3.89. The monoisotopic (exact) mass is 430 g/mol. The summed E-state index contributed by atoms with van der Waals surface area (Å²) >= 11 is 0.